The van der Waals surface area contributed by atoms with Crippen LogP contribution in [-0.2, 0) is 23.9 Å². The number of carbonyl (C=O) groups is 2. The number of hydrogen-bond acceptors (Lipinski definition) is 4. The fourth-order valence-electron chi connectivity index (χ4n) is 4.39. The molecular formula is C23H31B2N5O2. The fourth-order valence-corrected chi connectivity index (χ4v) is 4.39. The molecule has 2 radical (unpaired) electrons. The van der Waals surface area contributed by atoms with Crippen molar-refractivity contribution in [2.75, 3.05) is 20.6 Å². The summed E-state index contributed by atoms with van der Waals surface area (Å²) in [5.74, 6) is 0. The Morgan fingerprint density at radius 1 is 1.28 bits per heavy atom. The van der Waals surface area contributed by atoms with Crippen LogP contribution in [0.5, 0.6) is 0 Å². The summed E-state index contributed by atoms with van der Waals surface area (Å²) >= 11 is 0. The number of aryl methyl sites for hydroxylation is 1. The second kappa shape index (κ2) is 9.36. The first-order valence-corrected chi connectivity index (χ1v) is 10.8. The number of allylic oxidation sites excluding steroid dienone is 1. The summed E-state index contributed by atoms with van der Waals surface area (Å²) in [5.41, 5.74) is 4.17. The van der Waals surface area contributed by atoms with Crippen molar-refractivity contribution in [1.82, 2.24) is 24.9 Å². The SMILES string of the molecule is C=CC(=O)[B]c1ccc([B]c2nn(C)c3c2CN(C(=O)NC(C)CN(C)C)C3(C)C)cc1. The number of amides is 2. The summed E-state index contributed by atoms with van der Waals surface area (Å²) in [6, 6.07) is 7.68. The van der Waals surface area contributed by atoms with E-state index in [9.17, 15) is 9.59 Å². The number of rotatable bonds is 8. The largest absolute Gasteiger partial charge is 0.334 e. The molecule has 2 aromatic rings. The van der Waals surface area contributed by atoms with E-state index in [1.165, 1.54) is 6.08 Å². The summed E-state index contributed by atoms with van der Waals surface area (Å²) in [7, 11) is 9.48. The van der Waals surface area contributed by atoms with Gasteiger partial charge in [-0.3, -0.25) is 4.68 Å². The molecule has 0 bridgehead atoms. The van der Waals surface area contributed by atoms with E-state index in [1.807, 2.05) is 69.2 Å². The molecule has 2 amide bonds. The van der Waals surface area contributed by atoms with Crippen molar-refractivity contribution in [1.29, 1.82) is 0 Å². The molecule has 1 aliphatic rings. The van der Waals surface area contributed by atoms with Crippen LogP contribution in [0.15, 0.2) is 36.9 Å². The first-order valence-electron chi connectivity index (χ1n) is 10.8. The van der Waals surface area contributed by atoms with Gasteiger partial charge in [0.15, 0.2) is 0 Å². The van der Waals surface area contributed by atoms with E-state index in [4.69, 9.17) is 5.10 Å². The van der Waals surface area contributed by atoms with Gasteiger partial charge in [-0.2, -0.15) is 5.10 Å². The topological polar surface area (TPSA) is 70.5 Å². The molecule has 1 unspecified atom stereocenters. The van der Waals surface area contributed by atoms with Crippen LogP contribution in [0.1, 0.15) is 32.0 Å². The number of nitrogens with one attached hydrogen (secondary N) is 1. The third-order valence-corrected chi connectivity index (χ3v) is 5.75. The number of likely N-dealkylation sites (N-methyl/N-ethyl adjacent to an activating group) is 1. The van der Waals surface area contributed by atoms with Gasteiger partial charge in [-0.15, -0.1) is 0 Å². The van der Waals surface area contributed by atoms with Gasteiger partial charge in [0.05, 0.1) is 17.8 Å². The molecule has 0 fully saturated rings. The lowest BCUT2D eigenvalue weighted by atomic mass is 9.62. The van der Waals surface area contributed by atoms with E-state index in [0.717, 1.165) is 34.3 Å². The summed E-state index contributed by atoms with van der Waals surface area (Å²) in [4.78, 5) is 28.5. The normalized spacial score (nSPS) is 15.3. The molecule has 0 aliphatic carbocycles. The molecule has 166 valence electrons. The van der Waals surface area contributed by atoms with Gasteiger partial charge in [-0.25, -0.2) is 4.79 Å². The minimum Gasteiger partial charge on any atom is -0.334 e. The van der Waals surface area contributed by atoms with Crippen LogP contribution in [0.4, 0.5) is 4.79 Å². The number of aromatic nitrogens is 2. The summed E-state index contributed by atoms with van der Waals surface area (Å²) in [6.07, 6.45) is 1.29. The predicted octanol–water partition coefficient (Wildman–Crippen LogP) is -0.172. The lowest BCUT2D eigenvalue weighted by molar-refractivity contribution is -0.107. The maximum Gasteiger partial charge on any atom is 0.318 e. The molecule has 0 spiro atoms. The highest BCUT2D eigenvalue weighted by Gasteiger charge is 2.44. The van der Waals surface area contributed by atoms with Crippen molar-refractivity contribution >= 4 is 42.8 Å². The zero-order valence-corrected chi connectivity index (χ0v) is 19.8. The molecule has 1 N–H and O–H groups in total. The predicted molar refractivity (Wildman–Crippen MR) is 130 cm³/mol. The molecule has 3 rings (SSSR count). The Balaban J connectivity index is 1.77. The van der Waals surface area contributed by atoms with E-state index >= 15 is 0 Å². The number of benzene rings is 1. The maximum atomic E-state index is 13.1. The second-order valence-electron chi connectivity index (χ2n) is 9.16. The quantitative estimate of drug-likeness (QED) is 0.466. The van der Waals surface area contributed by atoms with Gasteiger partial charge in [0.2, 0.25) is 14.6 Å². The van der Waals surface area contributed by atoms with Gasteiger partial charge in [-0.1, -0.05) is 41.8 Å². The maximum absolute atomic E-state index is 13.1. The van der Waals surface area contributed by atoms with Crippen LogP contribution < -0.4 is 21.8 Å². The monoisotopic (exact) mass is 431 g/mol. The van der Waals surface area contributed by atoms with E-state index in [0.29, 0.717) is 6.54 Å². The lowest BCUT2D eigenvalue weighted by Crippen LogP contribution is -2.51. The van der Waals surface area contributed by atoms with Crippen molar-refractivity contribution in [3.05, 3.63) is 48.2 Å². The van der Waals surface area contributed by atoms with E-state index in [1.54, 1.807) is 7.28 Å². The van der Waals surface area contributed by atoms with Crippen molar-refractivity contribution in [2.24, 2.45) is 7.05 Å². The number of urea groups is 1. The first kappa shape index (κ1) is 23.9. The standard InChI is InChI=1S/C23H31B2N5O2/c1-8-19(31)24-16-9-11-17(12-10-16)25-21-18-14-30(22(32)26-15(2)13-28(5)6)23(3,4)20(18)29(7)27-21/h8-12,15H,1,13-14H2,2-7H3,(H,26,32). The van der Waals surface area contributed by atoms with Crippen molar-refractivity contribution < 1.29 is 9.59 Å². The molecule has 1 atom stereocenters. The zero-order valence-electron chi connectivity index (χ0n) is 19.8. The van der Waals surface area contributed by atoms with Crippen LogP contribution in [0, 0.1) is 0 Å². The number of carbonyl (C=O) groups excluding carboxylic acids is 2. The second-order valence-corrected chi connectivity index (χ2v) is 9.16. The molecule has 9 heteroatoms. The van der Waals surface area contributed by atoms with Crippen LogP contribution in [0.25, 0.3) is 0 Å². The molecule has 32 heavy (non-hydrogen) atoms. The molecule has 7 nitrogen and oxygen atoms in total. The van der Waals surface area contributed by atoms with Crippen LogP contribution in [0.3, 0.4) is 0 Å². The van der Waals surface area contributed by atoms with Crippen molar-refractivity contribution in [3.63, 3.8) is 0 Å². The summed E-state index contributed by atoms with van der Waals surface area (Å²) in [5, 5.41) is 7.84. The highest BCUT2D eigenvalue weighted by molar-refractivity contribution is 6.86. The van der Waals surface area contributed by atoms with Gasteiger partial charge in [0, 0.05) is 30.8 Å². The van der Waals surface area contributed by atoms with Crippen LogP contribution in [0.2, 0.25) is 0 Å². The zero-order chi connectivity index (χ0) is 23.6. The Morgan fingerprint density at radius 3 is 2.50 bits per heavy atom. The number of nitrogens with zero attached hydrogens (tertiary/aromatic N) is 4. The average Bonchev–Trinajstić information content (AvgIpc) is 3.17. The van der Waals surface area contributed by atoms with E-state index in [-0.39, 0.29) is 17.8 Å². The van der Waals surface area contributed by atoms with Crippen molar-refractivity contribution in [3.8, 4) is 0 Å². The van der Waals surface area contributed by atoms with Gasteiger partial charge in [0.25, 0.3) is 0 Å². The van der Waals surface area contributed by atoms with E-state index in [2.05, 4.69) is 30.6 Å². The summed E-state index contributed by atoms with van der Waals surface area (Å²) < 4.78 is 1.88. The molecule has 1 aromatic carbocycles. The lowest BCUT2D eigenvalue weighted by Gasteiger charge is -2.34. The Hall–Kier alpha value is -2.80. The Kier molecular flexibility index (Phi) is 6.98. The molecule has 2 heterocycles. The molecular weight excluding hydrogens is 400 g/mol. The molecule has 1 aliphatic heterocycles. The number of fused-ring (bicyclic) bond motifs is 1. The third kappa shape index (κ3) is 4.98. The van der Waals surface area contributed by atoms with Crippen LogP contribution >= 0.6 is 0 Å². The highest BCUT2D eigenvalue weighted by atomic mass is 16.2. The van der Waals surface area contributed by atoms with Gasteiger partial charge in [-0.05, 0) is 40.9 Å². The average molecular weight is 431 g/mol. The summed E-state index contributed by atoms with van der Waals surface area (Å²) in [6.45, 7) is 10.9. The fraction of sp³-hybridized carbons (Fsp3) is 0.435. The minimum atomic E-state index is -0.477. The van der Waals surface area contributed by atoms with E-state index < -0.39 is 5.54 Å². The van der Waals surface area contributed by atoms with Gasteiger partial charge >= 0.3 is 6.03 Å². The molecule has 0 saturated carbocycles. The Morgan fingerprint density at radius 2 is 1.91 bits per heavy atom. The number of hydrogen-bond donors (Lipinski definition) is 1. The van der Waals surface area contributed by atoms with Crippen LogP contribution in [-0.4, -0.2) is 72.5 Å². The third-order valence-electron chi connectivity index (χ3n) is 5.75. The van der Waals surface area contributed by atoms with Gasteiger partial charge in [0.1, 0.15) is 5.68 Å². The smallest absolute Gasteiger partial charge is 0.318 e. The molecule has 1 aromatic heterocycles. The van der Waals surface area contributed by atoms with Crippen molar-refractivity contribution in [2.45, 2.75) is 38.9 Å². The van der Waals surface area contributed by atoms with Gasteiger partial charge < -0.3 is 19.9 Å². The highest BCUT2D eigenvalue weighted by Crippen LogP contribution is 2.37. The Bertz CT molecular complexity index is 1010. The Labute approximate surface area is 192 Å². The first-order chi connectivity index (χ1) is 15.0. The minimum absolute atomic E-state index is 0.0458. The molecule has 0 saturated heterocycles.